The molecule has 5 heteroatoms. The molecular weight excluding hydrogens is 254 g/mol. The molecule has 2 aliphatic heterocycles. The van der Waals surface area contributed by atoms with E-state index in [2.05, 4.69) is 16.3 Å². The maximum atomic E-state index is 12.6. The van der Waals surface area contributed by atoms with E-state index in [-0.39, 0.29) is 30.0 Å². The highest BCUT2D eigenvalue weighted by atomic mass is 16.5. The van der Waals surface area contributed by atoms with E-state index in [1.54, 1.807) is 0 Å². The Balaban J connectivity index is 2.05. The lowest BCUT2D eigenvalue weighted by Gasteiger charge is -2.37. The van der Waals surface area contributed by atoms with Gasteiger partial charge in [-0.05, 0) is 39.7 Å². The maximum absolute atomic E-state index is 12.6. The fourth-order valence-corrected chi connectivity index (χ4v) is 3.30. The van der Waals surface area contributed by atoms with E-state index in [0.717, 1.165) is 13.1 Å². The number of nitriles is 1. The second-order valence-electron chi connectivity index (χ2n) is 6.42. The molecule has 0 spiro atoms. The second-order valence-corrected chi connectivity index (χ2v) is 6.42. The van der Waals surface area contributed by atoms with Crippen molar-refractivity contribution in [3.05, 3.63) is 0 Å². The molecule has 1 N–H and O–H groups in total. The lowest BCUT2D eigenvalue weighted by Crippen LogP contribution is -2.56. The minimum absolute atomic E-state index is 0.0274. The van der Waals surface area contributed by atoms with Crippen molar-refractivity contribution >= 4 is 5.91 Å². The van der Waals surface area contributed by atoms with E-state index in [0.29, 0.717) is 12.8 Å². The van der Waals surface area contributed by atoms with Crippen LogP contribution in [0.25, 0.3) is 0 Å². The van der Waals surface area contributed by atoms with Crippen molar-refractivity contribution in [3.63, 3.8) is 0 Å². The first-order chi connectivity index (χ1) is 9.38. The zero-order valence-corrected chi connectivity index (χ0v) is 12.8. The summed E-state index contributed by atoms with van der Waals surface area (Å²) < 4.78 is 5.73. The number of ether oxygens (including phenoxy) is 1. The average molecular weight is 279 g/mol. The smallest absolute Gasteiger partial charge is 0.227 e. The molecule has 5 nitrogen and oxygen atoms in total. The van der Waals surface area contributed by atoms with Crippen LogP contribution in [0.1, 0.15) is 33.6 Å². The van der Waals surface area contributed by atoms with Gasteiger partial charge in [-0.1, -0.05) is 6.92 Å². The predicted molar refractivity (Wildman–Crippen MR) is 75.9 cm³/mol. The van der Waals surface area contributed by atoms with E-state index in [1.165, 1.54) is 0 Å². The first-order valence-corrected chi connectivity index (χ1v) is 7.46. The van der Waals surface area contributed by atoms with Crippen molar-refractivity contribution in [2.45, 2.75) is 51.4 Å². The Morgan fingerprint density at radius 2 is 1.90 bits per heavy atom. The Bertz CT molecular complexity index is 410. The number of nitrogens with zero attached hydrogens (tertiary/aromatic N) is 2. The third-order valence-electron chi connectivity index (χ3n) is 4.96. The number of nitrogens with one attached hydrogen (secondary N) is 1. The first kappa shape index (κ1) is 15.3. The summed E-state index contributed by atoms with van der Waals surface area (Å²) in [5, 5.41) is 12.5. The van der Waals surface area contributed by atoms with Crippen molar-refractivity contribution in [3.8, 4) is 6.07 Å². The molecule has 0 saturated carbocycles. The average Bonchev–Trinajstić information content (AvgIpc) is 2.66. The van der Waals surface area contributed by atoms with Gasteiger partial charge in [-0.2, -0.15) is 5.26 Å². The molecule has 112 valence electrons. The molecule has 20 heavy (non-hydrogen) atoms. The van der Waals surface area contributed by atoms with Crippen molar-refractivity contribution < 1.29 is 9.53 Å². The molecule has 2 rings (SSSR count). The Labute approximate surface area is 121 Å². The number of hydrogen-bond donors (Lipinski definition) is 1. The van der Waals surface area contributed by atoms with Crippen LogP contribution in [-0.4, -0.2) is 48.7 Å². The van der Waals surface area contributed by atoms with Gasteiger partial charge in [0.05, 0.1) is 24.2 Å². The largest absolute Gasteiger partial charge is 0.374 e. The second kappa shape index (κ2) is 5.71. The highest BCUT2D eigenvalue weighted by molar-refractivity contribution is 5.81. The molecule has 1 amide bonds. The predicted octanol–water partition coefficient (Wildman–Crippen LogP) is 1.15. The van der Waals surface area contributed by atoms with Crippen molar-refractivity contribution in [2.75, 3.05) is 20.1 Å². The monoisotopic (exact) mass is 279 g/mol. The van der Waals surface area contributed by atoms with Gasteiger partial charge in [-0.25, -0.2) is 0 Å². The highest BCUT2D eigenvalue weighted by Gasteiger charge is 2.44. The van der Waals surface area contributed by atoms with E-state index in [1.807, 2.05) is 27.8 Å². The summed E-state index contributed by atoms with van der Waals surface area (Å²) in [5.41, 5.74) is -0.700. The molecule has 0 aliphatic carbocycles. The van der Waals surface area contributed by atoms with Crippen LogP contribution in [0, 0.1) is 23.2 Å². The fraction of sp³-hybridized carbons (Fsp3) is 0.867. The minimum Gasteiger partial charge on any atom is -0.374 e. The molecule has 0 radical (unpaired) electrons. The maximum Gasteiger partial charge on any atom is 0.227 e. The molecule has 2 fully saturated rings. The van der Waals surface area contributed by atoms with Gasteiger partial charge in [-0.15, -0.1) is 0 Å². The van der Waals surface area contributed by atoms with Crippen molar-refractivity contribution in [2.24, 2.45) is 11.8 Å². The van der Waals surface area contributed by atoms with Crippen LogP contribution in [0.5, 0.6) is 0 Å². The van der Waals surface area contributed by atoms with Gasteiger partial charge in [0.1, 0.15) is 5.54 Å². The summed E-state index contributed by atoms with van der Waals surface area (Å²) in [5.74, 6) is 0.00217. The van der Waals surface area contributed by atoms with Crippen LogP contribution in [0.15, 0.2) is 0 Å². The van der Waals surface area contributed by atoms with Gasteiger partial charge in [0.25, 0.3) is 0 Å². The number of carbonyl (C=O) groups is 1. The van der Waals surface area contributed by atoms with Gasteiger partial charge in [-0.3, -0.25) is 4.79 Å². The molecule has 2 heterocycles. The van der Waals surface area contributed by atoms with Gasteiger partial charge in [0, 0.05) is 13.1 Å². The minimum atomic E-state index is -0.700. The number of likely N-dealkylation sites (tertiary alicyclic amines) is 1. The SMILES string of the molecule is CC1OC(C)C(C(=O)NC2(C#N)CCN(C)CC2)C1C. The van der Waals surface area contributed by atoms with Crippen LogP contribution in [0.2, 0.25) is 0 Å². The highest BCUT2D eigenvalue weighted by Crippen LogP contribution is 2.33. The van der Waals surface area contributed by atoms with Crippen LogP contribution in [0.3, 0.4) is 0 Å². The van der Waals surface area contributed by atoms with E-state index < -0.39 is 5.54 Å². The summed E-state index contributed by atoms with van der Waals surface area (Å²) in [7, 11) is 2.04. The normalized spacial score (nSPS) is 37.4. The standard InChI is InChI=1S/C15H25N3O2/c1-10-11(2)20-12(3)13(10)14(19)17-15(9-16)5-7-18(4)8-6-15/h10-13H,5-8H2,1-4H3,(H,17,19). The molecule has 0 aromatic carbocycles. The number of piperidine rings is 1. The third-order valence-corrected chi connectivity index (χ3v) is 4.96. The molecule has 2 saturated heterocycles. The van der Waals surface area contributed by atoms with Crippen LogP contribution in [0.4, 0.5) is 0 Å². The van der Waals surface area contributed by atoms with Crippen molar-refractivity contribution in [1.29, 1.82) is 5.26 Å². The van der Waals surface area contributed by atoms with Gasteiger partial charge >= 0.3 is 0 Å². The topological polar surface area (TPSA) is 65.4 Å². The Morgan fingerprint density at radius 3 is 2.35 bits per heavy atom. The summed E-state index contributed by atoms with van der Waals surface area (Å²) >= 11 is 0. The summed E-state index contributed by atoms with van der Waals surface area (Å²) in [4.78, 5) is 14.8. The van der Waals surface area contributed by atoms with Crippen LogP contribution >= 0.6 is 0 Å². The zero-order valence-electron chi connectivity index (χ0n) is 12.8. The molecule has 4 atom stereocenters. The third kappa shape index (κ3) is 2.82. The van der Waals surface area contributed by atoms with Gasteiger partial charge in [0.15, 0.2) is 0 Å². The summed E-state index contributed by atoms with van der Waals surface area (Å²) in [6.07, 6.45) is 1.40. The van der Waals surface area contributed by atoms with Crippen LogP contribution in [-0.2, 0) is 9.53 Å². The summed E-state index contributed by atoms with van der Waals surface area (Å²) in [6, 6.07) is 2.33. The number of rotatable bonds is 2. The molecule has 0 bridgehead atoms. The zero-order chi connectivity index (χ0) is 14.9. The van der Waals surface area contributed by atoms with Gasteiger partial charge < -0.3 is 15.0 Å². The summed E-state index contributed by atoms with van der Waals surface area (Å²) in [6.45, 7) is 7.68. The molecule has 2 aliphatic rings. The Hall–Kier alpha value is -1.12. The van der Waals surface area contributed by atoms with E-state index in [4.69, 9.17) is 4.74 Å². The molecular formula is C15H25N3O2. The van der Waals surface area contributed by atoms with Gasteiger partial charge in [0.2, 0.25) is 5.91 Å². The van der Waals surface area contributed by atoms with E-state index >= 15 is 0 Å². The fourth-order valence-electron chi connectivity index (χ4n) is 3.30. The molecule has 0 aromatic heterocycles. The Kier molecular flexibility index (Phi) is 4.36. The quantitative estimate of drug-likeness (QED) is 0.823. The lowest BCUT2D eigenvalue weighted by molar-refractivity contribution is -0.129. The van der Waals surface area contributed by atoms with E-state index in [9.17, 15) is 10.1 Å². The number of hydrogen-bond acceptors (Lipinski definition) is 4. The first-order valence-electron chi connectivity index (χ1n) is 7.46. The van der Waals surface area contributed by atoms with Crippen LogP contribution < -0.4 is 5.32 Å². The Morgan fingerprint density at radius 1 is 1.30 bits per heavy atom. The molecule has 0 aromatic rings. The number of carbonyl (C=O) groups excluding carboxylic acids is 1. The molecule has 4 unspecified atom stereocenters. The van der Waals surface area contributed by atoms with Crippen molar-refractivity contribution in [1.82, 2.24) is 10.2 Å². The lowest BCUT2D eigenvalue weighted by atomic mass is 9.85. The number of amides is 1.